The van der Waals surface area contributed by atoms with E-state index < -0.39 is 0 Å². The highest BCUT2D eigenvalue weighted by atomic mass is 15.2. The van der Waals surface area contributed by atoms with E-state index in [4.69, 9.17) is 0 Å². The van der Waals surface area contributed by atoms with Gasteiger partial charge in [-0.2, -0.15) is 0 Å². The van der Waals surface area contributed by atoms with E-state index in [1.54, 1.807) is 0 Å². The maximum atomic E-state index is 3.51. The molecule has 0 aliphatic rings. The summed E-state index contributed by atoms with van der Waals surface area (Å²) in [4.78, 5) is 2.68. The average molecular weight is 409 g/mol. The van der Waals surface area contributed by atoms with Gasteiger partial charge in [-0.3, -0.25) is 0 Å². The fourth-order valence-electron chi connectivity index (χ4n) is 4.36. The number of para-hydroxylation sites is 1. The number of nitrogens with zero attached hydrogens (tertiary/aromatic N) is 1. The summed E-state index contributed by atoms with van der Waals surface area (Å²) in [6.45, 7) is 9.42. The Hall–Kier alpha value is -1.96. The van der Waals surface area contributed by atoms with Gasteiger partial charge < -0.3 is 10.2 Å². The Morgan fingerprint density at radius 2 is 1.13 bits per heavy atom. The fraction of sp³-hybridized carbons (Fsp3) is 0.571. The summed E-state index contributed by atoms with van der Waals surface area (Å²) in [6, 6.07) is 20.6. The van der Waals surface area contributed by atoms with Gasteiger partial charge in [0.25, 0.3) is 0 Å². The van der Waals surface area contributed by atoms with Gasteiger partial charge in [-0.25, -0.2) is 0 Å². The molecule has 30 heavy (non-hydrogen) atoms. The molecule has 2 unspecified atom stereocenters. The Morgan fingerprint density at radius 3 is 1.63 bits per heavy atom. The quantitative estimate of drug-likeness (QED) is 0.296. The molecule has 0 saturated heterocycles. The topological polar surface area (TPSA) is 15.3 Å². The Bertz CT molecular complexity index is 647. The Kier molecular flexibility index (Phi) is 11.4. The summed E-state index contributed by atoms with van der Waals surface area (Å²) < 4.78 is 0. The van der Waals surface area contributed by atoms with Crippen molar-refractivity contribution in [2.45, 2.75) is 104 Å². The first kappa shape index (κ1) is 24.3. The lowest BCUT2D eigenvalue weighted by molar-refractivity contribution is 0.465. The average Bonchev–Trinajstić information content (AvgIpc) is 2.76. The zero-order chi connectivity index (χ0) is 21.6. The number of hydrogen-bond acceptors (Lipinski definition) is 2. The van der Waals surface area contributed by atoms with Crippen molar-refractivity contribution in [3.05, 3.63) is 54.6 Å². The molecule has 0 aliphatic heterocycles. The number of nitrogens with one attached hydrogen (secondary N) is 1. The van der Waals surface area contributed by atoms with Crippen molar-refractivity contribution >= 4 is 17.1 Å². The summed E-state index contributed by atoms with van der Waals surface area (Å²) in [6.07, 6.45) is 13.3. The van der Waals surface area contributed by atoms with Gasteiger partial charge in [-0.1, -0.05) is 83.4 Å². The zero-order valence-corrected chi connectivity index (χ0v) is 19.9. The minimum Gasteiger partial charge on any atom is -0.366 e. The van der Waals surface area contributed by atoms with Crippen molar-refractivity contribution in [1.29, 1.82) is 0 Å². The summed E-state index contributed by atoms with van der Waals surface area (Å²) >= 11 is 0. The van der Waals surface area contributed by atoms with Crippen LogP contribution in [0, 0.1) is 0 Å². The summed E-state index contributed by atoms with van der Waals surface area (Å²) in [5.74, 6) is 0. The van der Waals surface area contributed by atoms with Crippen LogP contribution < -0.4 is 10.2 Å². The van der Waals surface area contributed by atoms with Crippen LogP contribution in [0.2, 0.25) is 0 Å². The van der Waals surface area contributed by atoms with E-state index in [-0.39, 0.29) is 0 Å². The van der Waals surface area contributed by atoms with Crippen LogP contribution >= 0.6 is 0 Å². The summed E-state index contributed by atoms with van der Waals surface area (Å²) in [5, 5.41) is 3.51. The lowest BCUT2D eigenvalue weighted by Crippen LogP contribution is -2.40. The van der Waals surface area contributed by atoms with Gasteiger partial charge in [0.1, 0.15) is 0 Å². The molecule has 0 bridgehead atoms. The van der Waals surface area contributed by atoms with Gasteiger partial charge in [0, 0.05) is 29.1 Å². The predicted molar refractivity (Wildman–Crippen MR) is 135 cm³/mol. The third-order valence-corrected chi connectivity index (χ3v) is 6.13. The predicted octanol–water partition coefficient (Wildman–Crippen LogP) is 8.95. The van der Waals surface area contributed by atoms with Crippen molar-refractivity contribution in [3.63, 3.8) is 0 Å². The normalized spacial score (nSPS) is 13.1. The van der Waals surface area contributed by atoms with Crippen LogP contribution in [0.4, 0.5) is 17.1 Å². The highest BCUT2D eigenvalue weighted by Crippen LogP contribution is 2.28. The fourth-order valence-corrected chi connectivity index (χ4v) is 4.36. The molecule has 0 radical (unpaired) electrons. The second kappa shape index (κ2) is 14.1. The minimum absolute atomic E-state index is 0.580. The molecule has 2 rings (SSSR count). The van der Waals surface area contributed by atoms with Gasteiger partial charge in [0.2, 0.25) is 0 Å². The van der Waals surface area contributed by atoms with E-state index in [1.165, 1.54) is 69.9 Å². The molecule has 2 atom stereocenters. The third kappa shape index (κ3) is 8.42. The molecule has 2 nitrogen and oxygen atoms in total. The molecule has 0 aromatic heterocycles. The lowest BCUT2D eigenvalue weighted by atomic mass is 10.0. The Balaban J connectivity index is 2.05. The van der Waals surface area contributed by atoms with Crippen LogP contribution in [0.25, 0.3) is 0 Å². The number of rotatable bonds is 15. The monoisotopic (exact) mass is 408 g/mol. The van der Waals surface area contributed by atoms with Crippen LogP contribution in [0.1, 0.15) is 91.9 Å². The smallest absolute Gasteiger partial charge is 0.0385 e. The lowest BCUT2D eigenvalue weighted by Gasteiger charge is -2.37. The number of unbranched alkanes of at least 4 members (excludes halogenated alkanes) is 6. The molecule has 0 aliphatic carbocycles. The van der Waals surface area contributed by atoms with Gasteiger partial charge in [0.05, 0.1) is 0 Å². The standard InChI is InChI=1S/C28H44N2/c1-5-7-9-12-16-24(3)30(25(4)17-13-10-8-6-2)28-22-20-27(21-23-28)29-26-18-14-11-15-19-26/h11,14-15,18-25,29H,5-10,12-13,16-17H2,1-4H3. The first-order valence-electron chi connectivity index (χ1n) is 12.4. The molecule has 166 valence electrons. The van der Waals surface area contributed by atoms with Crippen molar-refractivity contribution < 1.29 is 0 Å². The maximum Gasteiger partial charge on any atom is 0.0385 e. The van der Waals surface area contributed by atoms with Crippen LogP contribution in [0.5, 0.6) is 0 Å². The zero-order valence-electron chi connectivity index (χ0n) is 19.9. The highest BCUT2D eigenvalue weighted by Gasteiger charge is 2.20. The third-order valence-electron chi connectivity index (χ3n) is 6.13. The first-order valence-corrected chi connectivity index (χ1v) is 12.4. The molecule has 0 amide bonds. The molecule has 2 aromatic rings. The summed E-state index contributed by atoms with van der Waals surface area (Å²) in [5.41, 5.74) is 3.64. The molecule has 0 fully saturated rings. The van der Waals surface area contributed by atoms with E-state index in [0.29, 0.717) is 12.1 Å². The van der Waals surface area contributed by atoms with Crippen LogP contribution in [-0.4, -0.2) is 12.1 Å². The molecule has 0 heterocycles. The SMILES string of the molecule is CCCCCCC(C)N(c1ccc(Nc2ccccc2)cc1)C(C)CCCCCC. The Morgan fingerprint density at radius 1 is 0.633 bits per heavy atom. The van der Waals surface area contributed by atoms with Crippen LogP contribution in [0.15, 0.2) is 54.6 Å². The highest BCUT2D eigenvalue weighted by molar-refractivity contribution is 5.63. The van der Waals surface area contributed by atoms with Gasteiger partial charge in [-0.05, 0) is 63.1 Å². The number of hydrogen-bond donors (Lipinski definition) is 1. The van der Waals surface area contributed by atoms with Gasteiger partial charge in [-0.15, -0.1) is 0 Å². The minimum atomic E-state index is 0.580. The number of anilines is 3. The van der Waals surface area contributed by atoms with Gasteiger partial charge >= 0.3 is 0 Å². The molecule has 0 spiro atoms. The van der Waals surface area contributed by atoms with Crippen molar-refractivity contribution in [2.24, 2.45) is 0 Å². The second-order valence-electron chi connectivity index (χ2n) is 8.84. The van der Waals surface area contributed by atoms with E-state index in [9.17, 15) is 0 Å². The van der Waals surface area contributed by atoms with Crippen molar-refractivity contribution in [1.82, 2.24) is 0 Å². The maximum absolute atomic E-state index is 3.51. The largest absolute Gasteiger partial charge is 0.366 e. The molecular weight excluding hydrogens is 364 g/mol. The summed E-state index contributed by atoms with van der Waals surface area (Å²) in [7, 11) is 0. The van der Waals surface area contributed by atoms with Crippen LogP contribution in [-0.2, 0) is 0 Å². The van der Waals surface area contributed by atoms with E-state index in [1.807, 2.05) is 0 Å². The van der Waals surface area contributed by atoms with Crippen molar-refractivity contribution in [2.75, 3.05) is 10.2 Å². The molecule has 0 saturated carbocycles. The van der Waals surface area contributed by atoms with E-state index in [2.05, 4.69) is 92.5 Å². The van der Waals surface area contributed by atoms with Gasteiger partial charge in [0.15, 0.2) is 0 Å². The second-order valence-corrected chi connectivity index (χ2v) is 8.84. The molecular formula is C28H44N2. The van der Waals surface area contributed by atoms with Crippen molar-refractivity contribution in [3.8, 4) is 0 Å². The number of benzene rings is 2. The molecule has 2 heteroatoms. The van der Waals surface area contributed by atoms with E-state index >= 15 is 0 Å². The molecule has 1 N–H and O–H groups in total. The molecule has 2 aromatic carbocycles. The van der Waals surface area contributed by atoms with E-state index in [0.717, 1.165) is 11.4 Å². The first-order chi connectivity index (χ1) is 14.7. The Labute approximate surface area is 186 Å². The van der Waals surface area contributed by atoms with Crippen LogP contribution in [0.3, 0.4) is 0 Å².